The van der Waals surface area contributed by atoms with Crippen molar-refractivity contribution in [2.45, 2.75) is 19.3 Å². The first kappa shape index (κ1) is 7.73. The molecule has 0 aromatic heterocycles. The molecular formula is C8H13N2O2+. The van der Waals surface area contributed by atoms with Crippen molar-refractivity contribution >= 4 is 11.8 Å². The second kappa shape index (κ2) is 2.55. The number of imide groups is 1. The van der Waals surface area contributed by atoms with E-state index >= 15 is 0 Å². The molecule has 0 aliphatic carbocycles. The summed E-state index contributed by atoms with van der Waals surface area (Å²) >= 11 is 0. The van der Waals surface area contributed by atoms with Gasteiger partial charge in [-0.1, -0.05) is 0 Å². The largest absolute Gasteiger partial charge is 0.346 e. The number of nitrogens with two attached hydrogens (primary N) is 1. The lowest BCUT2D eigenvalue weighted by molar-refractivity contribution is -0.666. The lowest BCUT2D eigenvalue weighted by atomic mass is 9.78. The normalized spacial score (nSPS) is 27.7. The summed E-state index contributed by atoms with van der Waals surface area (Å²) in [5, 5.41) is 4.58. The van der Waals surface area contributed by atoms with Gasteiger partial charge >= 0.3 is 0 Å². The third-order valence-corrected chi connectivity index (χ3v) is 2.89. The first-order valence-electron chi connectivity index (χ1n) is 4.39. The van der Waals surface area contributed by atoms with E-state index in [1.807, 2.05) is 0 Å². The Kier molecular flexibility index (Phi) is 1.65. The van der Waals surface area contributed by atoms with E-state index in [1.54, 1.807) is 0 Å². The van der Waals surface area contributed by atoms with Crippen molar-refractivity contribution in [3.05, 3.63) is 0 Å². The molecule has 66 valence electrons. The van der Waals surface area contributed by atoms with Crippen molar-refractivity contribution in [3.8, 4) is 0 Å². The Morgan fingerprint density at radius 1 is 1.25 bits per heavy atom. The molecule has 1 spiro atoms. The van der Waals surface area contributed by atoms with Gasteiger partial charge in [0.25, 0.3) is 0 Å². The van der Waals surface area contributed by atoms with Gasteiger partial charge in [-0.25, -0.2) is 0 Å². The maximum atomic E-state index is 11.4. The summed E-state index contributed by atoms with van der Waals surface area (Å²) in [7, 11) is 0. The molecular weight excluding hydrogens is 156 g/mol. The molecule has 0 aromatic rings. The summed E-state index contributed by atoms with van der Waals surface area (Å²) in [6, 6.07) is 0. The molecule has 2 saturated heterocycles. The van der Waals surface area contributed by atoms with Crippen LogP contribution in [0.1, 0.15) is 19.3 Å². The molecule has 2 aliphatic rings. The van der Waals surface area contributed by atoms with E-state index in [0.29, 0.717) is 6.42 Å². The van der Waals surface area contributed by atoms with Crippen LogP contribution < -0.4 is 10.6 Å². The number of amides is 2. The zero-order valence-corrected chi connectivity index (χ0v) is 6.93. The van der Waals surface area contributed by atoms with E-state index in [2.05, 4.69) is 10.6 Å². The van der Waals surface area contributed by atoms with Gasteiger partial charge in [-0.05, 0) is 0 Å². The lowest BCUT2D eigenvalue weighted by Gasteiger charge is -2.27. The quantitative estimate of drug-likeness (QED) is 0.428. The van der Waals surface area contributed by atoms with Crippen LogP contribution >= 0.6 is 0 Å². The Bertz CT molecular complexity index is 231. The van der Waals surface area contributed by atoms with Crippen LogP contribution in [-0.4, -0.2) is 24.9 Å². The number of hydrogen-bond acceptors (Lipinski definition) is 2. The van der Waals surface area contributed by atoms with Crippen LogP contribution in [0.3, 0.4) is 0 Å². The molecule has 2 rings (SSSR count). The monoisotopic (exact) mass is 169 g/mol. The molecule has 4 nitrogen and oxygen atoms in total. The minimum Gasteiger partial charge on any atom is -0.346 e. The molecule has 3 N–H and O–H groups in total. The summed E-state index contributed by atoms with van der Waals surface area (Å²) in [6.07, 6.45) is 2.12. The van der Waals surface area contributed by atoms with Gasteiger partial charge in [0.15, 0.2) is 0 Å². The van der Waals surface area contributed by atoms with E-state index in [-0.39, 0.29) is 17.2 Å². The Labute approximate surface area is 70.7 Å². The first-order valence-corrected chi connectivity index (χ1v) is 4.39. The van der Waals surface area contributed by atoms with Crippen LogP contribution in [0.2, 0.25) is 0 Å². The Hall–Kier alpha value is -0.900. The molecule has 0 unspecified atom stereocenters. The van der Waals surface area contributed by atoms with Gasteiger partial charge in [-0.3, -0.25) is 14.9 Å². The van der Waals surface area contributed by atoms with Gasteiger partial charge in [0, 0.05) is 19.3 Å². The highest BCUT2D eigenvalue weighted by Gasteiger charge is 2.48. The van der Waals surface area contributed by atoms with Gasteiger partial charge in [0.1, 0.15) is 0 Å². The van der Waals surface area contributed by atoms with E-state index in [4.69, 9.17) is 0 Å². The molecule has 2 aliphatic heterocycles. The summed E-state index contributed by atoms with van der Waals surface area (Å²) in [4.78, 5) is 22.4. The predicted octanol–water partition coefficient (Wildman–Crippen LogP) is -1.62. The minimum absolute atomic E-state index is 0.0411. The number of carbonyl (C=O) groups is 2. The van der Waals surface area contributed by atoms with E-state index in [0.717, 1.165) is 25.9 Å². The number of hydrogen-bond donors (Lipinski definition) is 2. The van der Waals surface area contributed by atoms with Crippen molar-refractivity contribution < 1.29 is 14.9 Å². The van der Waals surface area contributed by atoms with Crippen LogP contribution in [0, 0.1) is 5.41 Å². The third-order valence-electron chi connectivity index (χ3n) is 2.89. The predicted molar refractivity (Wildman–Crippen MR) is 41.1 cm³/mol. The Morgan fingerprint density at radius 3 is 2.42 bits per heavy atom. The third kappa shape index (κ3) is 1.03. The number of carbonyl (C=O) groups excluding carboxylic acids is 2. The number of piperidine rings is 1. The van der Waals surface area contributed by atoms with Gasteiger partial charge in [-0.15, -0.1) is 0 Å². The standard InChI is InChI=1S/C8H12N2O2/c11-6-5-8(7(12)10-6)1-3-9-4-2-8/h9H,1-5H2,(H,10,11,12)/p+1. The first-order chi connectivity index (χ1) is 5.73. The second-order valence-electron chi connectivity index (χ2n) is 3.70. The zero-order chi connectivity index (χ0) is 8.60. The summed E-state index contributed by atoms with van der Waals surface area (Å²) < 4.78 is 0. The van der Waals surface area contributed by atoms with E-state index < -0.39 is 0 Å². The van der Waals surface area contributed by atoms with E-state index in [1.165, 1.54) is 0 Å². The fourth-order valence-corrected chi connectivity index (χ4v) is 2.12. The van der Waals surface area contributed by atoms with Crippen LogP contribution in [0.5, 0.6) is 0 Å². The van der Waals surface area contributed by atoms with Gasteiger partial charge in [0.2, 0.25) is 11.8 Å². The number of nitrogens with one attached hydrogen (secondary N) is 1. The second-order valence-corrected chi connectivity index (χ2v) is 3.70. The van der Waals surface area contributed by atoms with Gasteiger partial charge in [0.05, 0.1) is 18.5 Å². The molecule has 0 radical (unpaired) electrons. The molecule has 0 saturated carbocycles. The van der Waals surface area contributed by atoms with Crippen LogP contribution in [0.15, 0.2) is 0 Å². The SMILES string of the molecule is O=C1CC2(CC[NH2+]CC2)C(=O)N1. The number of quaternary nitrogens is 1. The molecule has 2 amide bonds. The van der Waals surface area contributed by atoms with Gasteiger partial charge < -0.3 is 5.32 Å². The highest BCUT2D eigenvalue weighted by atomic mass is 16.2. The van der Waals surface area contributed by atoms with E-state index in [9.17, 15) is 9.59 Å². The van der Waals surface area contributed by atoms with Crippen molar-refractivity contribution in [2.24, 2.45) is 5.41 Å². The van der Waals surface area contributed by atoms with Gasteiger partial charge in [-0.2, -0.15) is 0 Å². The molecule has 0 atom stereocenters. The molecule has 0 aromatic carbocycles. The maximum absolute atomic E-state index is 11.4. The summed E-state index contributed by atoms with van der Waals surface area (Å²) in [5.41, 5.74) is -0.328. The molecule has 12 heavy (non-hydrogen) atoms. The van der Waals surface area contributed by atoms with Crippen LogP contribution in [0.4, 0.5) is 0 Å². The average molecular weight is 169 g/mol. The van der Waals surface area contributed by atoms with Crippen molar-refractivity contribution in [3.63, 3.8) is 0 Å². The topological polar surface area (TPSA) is 62.8 Å². The maximum Gasteiger partial charge on any atom is 0.233 e. The highest BCUT2D eigenvalue weighted by molar-refractivity contribution is 6.05. The number of rotatable bonds is 0. The smallest absolute Gasteiger partial charge is 0.233 e. The molecule has 2 heterocycles. The minimum atomic E-state index is -0.328. The highest BCUT2D eigenvalue weighted by Crippen LogP contribution is 2.34. The average Bonchev–Trinajstić information content (AvgIpc) is 2.29. The van der Waals surface area contributed by atoms with Crippen LogP contribution in [-0.2, 0) is 9.59 Å². The van der Waals surface area contributed by atoms with Crippen LogP contribution in [0.25, 0.3) is 0 Å². The van der Waals surface area contributed by atoms with Crippen molar-refractivity contribution in [2.75, 3.05) is 13.1 Å². The fourth-order valence-electron chi connectivity index (χ4n) is 2.12. The Morgan fingerprint density at radius 2 is 1.92 bits per heavy atom. The van der Waals surface area contributed by atoms with Crippen molar-refractivity contribution in [1.29, 1.82) is 0 Å². The zero-order valence-electron chi connectivity index (χ0n) is 6.93. The Balaban J connectivity index is 2.18. The summed E-state index contributed by atoms with van der Waals surface area (Å²) in [5.74, 6) is -0.137. The molecule has 4 heteroatoms. The molecule has 2 fully saturated rings. The molecule has 0 bridgehead atoms. The fraction of sp³-hybridized carbons (Fsp3) is 0.750. The summed E-state index contributed by atoms with van der Waals surface area (Å²) in [6.45, 7) is 1.95. The lowest BCUT2D eigenvalue weighted by Crippen LogP contribution is -2.87. The van der Waals surface area contributed by atoms with Crippen molar-refractivity contribution in [1.82, 2.24) is 5.32 Å².